The normalized spacial score (nSPS) is 11.6. The lowest BCUT2D eigenvalue weighted by Crippen LogP contribution is -2.31. The third-order valence-electron chi connectivity index (χ3n) is 3.49. The summed E-state index contributed by atoms with van der Waals surface area (Å²) >= 11 is 3.02. The molecule has 1 aromatic carbocycles. The first-order chi connectivity index (χ1) is 11.8. The van der Waals surface area contributed by atoms with Gasteiger partial charge in [0.15, 0.2) is 4.67 Å². The largest absolute Gasteiger partial charge is 0.492 e. The Kier molecular flexibility index (Phi) is 6.26. The van der Waals surface area contributed by atoms with Crippen LogP contribution >= 0.6 is 15.9 Å². The van der Waals surface area contributed by atoms with Crippen LogP contribution in [0.15, 0.2) is 44.3 Å². The number of hydrogen-bond donors (Lipinski definition) is 0. The number of likely N-dealkylation sites (N-methyl/N-ethyl adjacent to an activating group) is 1. The molecule has 0 unspecified atom stereocenters. The molecule has 1 heterocycles. The van der Waals surface area contributed by atoms with Gasteiger partial charge in [-0.05, 0) is 34.5 Å². The van der Waals surface area contributed by atoms with Crippen molar-refractivity contribution in [3.63, 3.8) is 0 Å². The average molecular weight is 432 g/mol. The Hall–Kier alpha value is -1.84. The molecule has 1 aromatic heterocycles. The highest BCUT2D eigenvalue weighted by molar-refractivity contribution is 9.10. The van der Waals surface area contributed by atoms with E-state index in [1.165, 1.54) is 14.2 Å². The minimum Gasteiger partial charge on any atom is -0.492 e. The number of esters is 1. The van der Waals surface area contributed by atoms with Crippen LogP contribution in [0.3, 0.4) is 0 Å². The zero-order valence-corrected chi connectivity index (χ0v) is 16.4. The number of furan rings is 1. The van der Waals surface area contributed by atoms with Gasteiger partial charge in [0.05, 0.1) is 7.11 Å². The number of carbonyl (C=O) groups excluding carboxylic acids is 1. The molecule has 2 rings (SSSR count). The number of ether oxygens (including phenoxy) is 2. The summed E-state index contributed by atoms with van der Waals surface area (Å²) in [6.07, 6.45) is 0. The van der Waals surface area contributed by atoms with Crippen molar-refractivity contribution in [1.82, 2.24) is 4.31 Å². The molecule has 0 atom stereocenters. The highest BCUT2D eigenvalue weighted by Crippen LogP contribution is 2.28. The number of para-hydroxylation sites is 1. The number of hydrogen-bond acceptors (Lipinski definition) is 6. The summed E-state index contributed by atoms with van der Waals surface area (Å²) in [5, 5.41) is 0. The number of halogens is 1. The van der Waals surface area contributed by atoms with Gasteiger partial charge in [-0.1, -0.05) is 18.2 Å². The molecule has 0 bridgehead atoms. The first kappa shape index (κ1) is 19.5. The van der Waals surface area contributed by atoms with Gasteiger partial charge in [-0.2, -0.15) is 4.31 Å². The molecule has 25 heavy (non-hydrogen) atoms. The van der Waals surface area contributed by atoms with E-state index >= 15 is 0 Å². The topological polar surface area (TPSA) is 86.1 Å². The fourth-order valence-corrected chi connectivity index (χ4v) is 4.07. The standard InChI is InChI=1S/C16H18BrNO6S/c1-11-6-4-5-7-12(11)23-9-8-18(2)25(20,21)14-10-13(16(19)22-3)24-15(14)17/h4-7,10H,8-9H2,1-3H3. The van der Waals surface area contributed by atoms with Crippen molar-refractivity contribution >= 4 is 31.9 Å². The van der Waals surface area contributed by atoms with Crippen molar-refractivity contribution in [3.05, 3.63) is 46.3 Å². The zero-order chi connectivity index (χ0) is 18.6. The lowest BCUT2D eigenvalue weighted by Gasteiger charge is -2.17. The van der Waals surface area contributed by atoms with E-state index in [1.54, 1.807) is 0 Å². The summed E-state index contributed by atoms with van der Waals surface area (Å²) < 4.78 is 41.5. The fraction of sp³-hybridized carbons (Fsp3) is 0.312. The first-order valence-electron chi connectivity index (χ1n) is 7.29. The van der Waals surface area contributed by atoms with Gasteiger partial charge < -0.3 is 13.9 Å². The van der Waals surface area contributed by atoms with E-state index in [0.717, 1.165) is 15.9 Å². The first-order valence-corrected chi connectivity index (χ1v) is 9.53. The van der Waals surface area contributed by atoms with Crippen LogP contribution in [0.1, 0.15) is 16.1 Å². The van der Waals surface area contributed by atoms with Gasteiger partial charge in [-0.3, -0.25) is 0 Å². The maximum atomic E-state index is 12.6. The number of methoxy groups -OCH3 is 1. The Morgan fingerprint density at radius 2 is 2.00 bits per heavy atom. The van der Waals surface area contributed by atoms with Gasteiger partial charge in [-0.15, -0.1) is 0 Å². The Balaban J connectivity index is 2.07. The summed E-state index contributed by atoms with van der Waals surface area (Å²) in [6.45, 7) is 2.22. The number of rotatable bonds is 7. The summed E-state index contributed by atoms with van der Waals surface area (Å²) in [7, 11) is -1.24. The fourth-order valence-electron chi connectivity index (χ4n) is 2.02. The highest BCUT2D eigenvalue weighted by atomic mass is 79.9. The minimum atomic E-state index is -3.85. The summed E-state index contributed by atoms with van der Waals surface area (Å²) in [4.78, 5) is 11.3. The van der Waals surface area contributed by atoms with Crippen LogP contribution in [0.2, 0.25) is 0 Å². The Labute approximate surface area is 154 Å². The highest BCUT2D eigenvalue weighted by Gasteiger charge is 2.29. The van der Waals surface area contributed by atoms with Gasteiger partial charge in [0.25, 0.3) is 0 Å². The van der Waals surface area contributed by atoms with E-state index in [-0.39, 0.29) is 28.5 Å². The van der Waals surface area contributed by atoms with Crippen LogP contribution in [0.4, 0.5) is 0 Å². The minimum absolute atomic E-state index is 0.0560. The maximum Gasteiger partial charge on any atom is 0.374 e. The number of nitrogens with zero attached hydrogens (tertiary/aromatic N) is 1. The number of carbonyl (C=O) groups is 1. The van der Waals surface area contributed by atoms with E-state index < -0.39 is 16.0 Å². The molecule has 0 fully saturated rings. The van der Waals surface area contributed by atoms with Gasteiger partial charge in [0.2, 0.25) is 15.8 Å². The van der Waals surface area contributed by atoms with Gasteiger partial charge in [0.1, 0.15) is 17.3 Å². The average Bonchev–Trinajstić information content (AvgIpc) is 2.98. The molecule has 0 saturated heterocycles. The van der Waals surface area contributed by atoms with Crippen LogP contribution in [0.25, 0.3) is 0 Å². The maximum absolute atomic E-state index is 12.6. The molecule has 136 valence electrons. The van der Waals surface area contributed by atoms with Crippen molar-refractivity contribution in [2.45, 2.75) is 11.8 Å². The van der Waals surface area contributed by atoms with Gasteiger partial charge in [0, 0.05) is 19.7 Å². The van der Waals surface area contributed by atoms with Crippen molar-refractivity contribution in [3.8, 4) is 5.75 Å². The molecular weight excluding hydrogens is 414 g/mol. The van der Waals surface area contributed by atoms with E-state index in [4.69, 9.17) is 9.15 Å². The van der Waals surface area contributed by atoms with E-state index in [9.17, 15) is 13.2 Å². The second-order valence-corrected chi connectivity index (χ2v) is 7.91. The molecule has 0 saturated carbocycles. The molecule has 0 spiro atoms. The Bertz CT molecular complexity index is 861. The summed E-state index contributed by atoms with van der Waals surface area (Å²) in [5.41, 5.74) is 0.966. The SMILES string of the molecule is COC(=O)c1cc(S(=O)(=O)N(C)CCOc2ccccc2C)c(Br)o1. The number of benzene rings is 1. The van der Waals surface area contributed by atoms with E-state index in [2.05, 4.69) is 20.7 Å². The second kappa shape index (κ2) is 8.03. The molecule has 0 amide bonds. The van der Waals surface area contributed by atoms with Crippen LogP contribution in [-0.2, 0) is 14.8 Å². The smallest absolute Gasteiger partial charge is 0.374 e. The van der Waals surface area contributed by atoms with E-state index in [1.807, 2.05) is 31.2 Å². The predicted molar refractivity (Wildman–Crippen MR) is 94.2 cm³/mol. The van der Waals surface area contributed by atoms with Crippen LogP contribution in [0, 0.1) is 6.92 Å². The number of aryl methyl sites for hydroxylation is 1. The Morgan fingerprint density at radius 3 is 2.64 bits per heavy atom. The second-order valence-electron chi connectivity index (χ2n) is 5.18. The molecule has 2 aromatic rings. The summed E-state index contributed by atoms with van der Waals surface area (Å²) in [5.74, 6) is -0.254. The molecule has 0 aliphatic heterocycles. The van der Waals surface area contributed by atoms with E-state index in [0.29, 0.717) is 5.75 Å². The molecular formula is C16H18BrNO6S. The monoisotopic (exact) mass is 431 g/mol. The third-order valence-corrected chi connectivity index (χ3v) is 6.20. The van der Waals surface area contributed by atoms with Gasteiger partial charge in [-0.25, -0.2) is 13.2 Å². The Morgan fingerprint density at radius 1 is 1.32 bits per heavy atom. The van der Waals surface area contributed by atoms with Crippen molar-refractivity contribution in [2.24, 2.45) is 0 Å². The van der Waals surface area contributed by atoms with Gasteiger partial charge >= 0.3 is 5.97 Å². The van der Waals surface area contributed by atoms with Crippen molar-refractivity contribution in [1.29, 1.82) is 0 Å². The number of sulfonamides is 1. The molecule has 0 aliphatic rings. The molecule has 9 heteroatoms. The predicted octanol–water partition coefficient (Wildman–Crippen LogP) is 2.84. The molecule has 0 radical (unpaired) electrons. The third kappa shape index (κ3) is 4.42. The molecule has 0 aliphatic carbocycles. The zero-order valence-electron chi connectivity index (χ0n) is 14.0. The van der Waals surface area contributed by atoms with Crippen LogP contribution in [0.5, 0.6) is 5.75 Å². The molecule has 0 N–H and O–H groups in total. The van der Waals surface area contributed by atoms with Crippen molar-refractivity contribution < 1.29 is 27.1 Å². The summed E-state index contributed by atoms with van der Waals surface area (Å²) in [6, 6.07) is 8.60. The lowest BCUT2D eigenvalue weighted by molar-refractivity contribution is 0.0563. The van der Waals surface area contributed by atoms with Crippen molar-refractivity contribution in [2.75, 3.05) is 27.3 Å². The molecule has 7 nitrogen and oxygen atoms in total. The lowest BCUT2D eigenvalue weighted by atomic mass is 10.2. The quantitative estimate of drug-likeness (QED) is 0.626. The van der Waals surface area contributed by atoms with Crippen LogP contribution in [-0.4, -0.2) is 46.0 Å². The van der Waals surface area contributed by atoms with Crippen LogP contribution < -0.4 is 4.74 Å².